The summed E-state index contributed by atoms with van der Waals surface area (Å²) < 4.78 is 47.0. The van der Waals surface area contributed by atoms with Crippen LogP contribution in [0.4, 0.5) is 13.2 Å². The number of hydrogen-bond acceptors (Lipinski definition) is 5. The topological polar surface area (TPSA) is 74.9 Å². The predicted octanol–water partition coefficient (Wildman–Crippen LogP) is 4.13. The van der Waals surface area contributed by atoms with Crippen LogP contribution in [-0.4, -0.2) is 54.8 Å². The molecule has 1 saturated heterocycles. The summed E-state index contributed by atoms with van der Waals surface area (Å²) >= 11 is 0. The van der Waals surface area contributed by atoms with Crippen LogP contribution in [0.5, 0.6) is 5.88 Å². The first-order valence-corrected chi connectivity index (χ1v) is 10.4. The molecular weight excluding hydrogens is 538 g/mol. The molecule has 11 heteroatoms. The molecule has 3 rings (SSSR count). The molecule has 2 aromatic heterocycles. The summed E-state index contributed by atoms with van der Waals surface area (Å²) in [5.74, 6) is 1.50. The number of halogens is 4. The Kier molecular flexibility index (Phi) is 10.6. The van der Waals surface area contributed by atoms with Gasteiger partial charge in [-0.1, -0.05) is 6.07 Å². The molecule has 1 aliphatic heterocycles. The molecule has 1 unspecified atom stereocenters. The molecule has 0 bridgehead atoms. The van der Waals surface area contributed by atoms with Gasteiger partial charge in [-0.05, 0) is 50.6 Å². The zero-order valence-corrected chi connectivity index (χ0v) is 20.2. The largest absolute Gasteiger partial charge is 0.468 e. The maximum Gasteiger partial charge on any atom is 0.422 e. The third-order valence-corrected chi connectivity index (χ3v) is 4.86. The molecule has 0 saturated carbocycles. The number of aliphatic imine (C=N–C) groups is 1. The van der Waals surface area contributed by atoms with Crippen LogP contribution in [-0.2, 0) is 6.54 Å². The summed E-state index contributed by atoms with van der Waals surface area (Å²) in [4.78, 5) is 10.9. The van der Waals surface area contributed by atoms with Crippen molar-refractivity contribution in [3.63, 3.8) is 0 Å². The fourth-order valence-corrected chi connectivity index (χ4v) is 3.39. The van der Waals surface area contributed by atoms with Gasteiger partial charge in [0, 0.05) is 25.4 Å². The number of aromatic nitrogens is 1. The highest BCUT2D eigenvalue weighted by molar-refractivity contribution is 14.0. The summed E-state index contributed by atoms with van der Waals surface area (Å²) in [6.45, 7) is 4.36. The zero-order chi connectivity index (χ0) is 22.1. The van der Waals surface area contributed by atoms with E-state index in [0.29, 0.717) is 25.6 Å². The maximum atomic E-state index is 12.2. The van der Waals surface area contributed by atoms with Gasteiger partial charge in [0.1, 0.15) is 5.76 Å². The molecule has 3 heterocycles. The molecule has 7 nitrogen and oxygen atoms in total. The Morgan fingerprint density at radius 1 is 1.25 bits per heavy atom. The first-order valence-electron chi connectivity index (χ1n) is 10.4. The first-order chi connectivity index (χ1) is 14.9. The van der Waals surface area contributed by atoms with E-state index in [-0.39, 0.29) is 35.9 Å². The monoisotopic (exact) mass is 567 g/mol. The third kappa shape index (κ3) is 8.49. The van der Waals surface area contributed by atoms with Crippen LogP contribution >= 0.6 is 24.0 Å². The molecule has 178 valence electrons. The second-order valence-corrected chi connectivity index (χ2v) is 7.26. The predicted molar refractivity (Wildman–Crippen MR) is 126 cm³/mol. The number of hydrogen-bond donors (Lipinski definition) is 2. The van der Waals surface area contributed by atoms with Crippen LogP contribution in [0.3, 0.4) is 0 Å². The second-order valence-electron chi connectivity index (χ2n) is 7.26. The van der Waals surface area contributed by atoms with E-state index >= 15 is 0 Å². The van der Waals surface area contributed by atoms with E-state index < -0.39 is 12.8 Å². The molecule has 1 fully saturated rings. The summed E-state index contributed by atoms with van der Waals surface area (Å²) in [6.07, 6.45) is 1.13. The molecule has 0 radical (unpaired) electrons. The lowest BCUT2D eigenvalue weighted by atomic mass is 10.2. The molecule has 0 amide bonds. The van der Waals surface area contributed by atoms with Crippen LogP contribution in [0.25, 0.3) is 0 Å². The van der Waals surface area contributed by atoms with Gasteiger partial charge >= 0.3 is 6.18 Å². The van der Waals surface area contributed by atoms with Crippen molar-refractivity contribution >= 4 is 29.9 Å². The van der Waals surface area contributed by atoms with Crippen molar-refractivity contribution in [1.82, 2.24) is 20.5 Å². The van der Waals surface area contributed by atoms with Crippen molar-refractivity contribution in [2.45, 2.75) is 38.5 Å². The lowest BCUT2D eigenvalue weighted by Gasteiger charge is -2.26. The molecule has 32 heavy (non-hydrogen) atoms. The normalized spacial score (nSPS) is 15.8. The van der Waals surface area contributed by atoms with E-state index in [4.69, 9.17) is 4.42 Å². The van der Waals surface area contributed by atoms with Gasteiger partial charge in [-0.3, -0.25) is 4.90 Å². The summed E-state index contributed by atoms with van der Waals surface area (Å²) in [5.41, 5.74) is 0.763. The van der Waals surface area contributed by atoms with E-state index in [2.05, 4.69) is 30.2 Å². The van der Waals surface area contributed by atoms with Crippen molar-refractivity contribution < 1.29 is 22.3 Å². The molecule has 1 atom stereocenters. The van der Waals surface area contributed by atoms with Gasteiger partial charge in [-0.2, -0.15) is 13.2 Å². The summed E-state index contributed by atoms with van der Waals surface area (Å²) in [6, 6.07) is 7.07. The van der Waals surface area contributed by atoms with Gasteiger partial charge in [0.15, 0.2) is 12.6 Å². The quantitative estimate of drug-likeness (QED) is 0.270. The second kappa shape index (κ2) is 12.9. The minimum absolute atomic E-state index is 0. The minimum atomic E-state index is -4.39. The molecule has 0 spiro atoms. The number of guanidine groups is 1. The molecule has 2 aromatic rings. The van der Waals surface area contributed by atoms with Crippen LogP contribution in [0.2, 0.25) is 0 Å². The van der Waals surface area contributed by atoms with Gasteiger partial charge in [0.05, 0.1) is 18.8 Å². The molecular formula is C21H29F3IN5O2. The number of nitrogens with zero attached hydrogens (tertiary/aromatic N) is 3. The van der Waals surface area contributed by atoms with Gasteiger partial charge in [-0.25, -0.2) is 9.98 Å². The van der Waals surface area contributed by atoms with Gasteiger partial charge in [0.2, 0.25) is 5.88 Å². The van der Waals surface area contributed by atoms with Gasteiger partial charge in [0.25, 0.3) is 0 Å². The zero-order valence-electron chi connectivity index (χ0n) is 17.9. The lowest BCUT2D eigenvalue weighted by Crippen LogP contribution is -2.42. The van der Waals surface area contributed by atoms with E-state index in [9.17, 15) is 13.2 Å². The highest BCUT2D eigenvalue weighted by Crippen LogP contribution is 2.24. The Morgan fingerprint density at radius 2 is 2.03 bits per heavy atom. The fraction of sp³-hybridized carbons (Fsp3) is 0.524. The van der Waals surface area contributed by atoms with Crippen molar-refractivity contribution in [2.75, 3.05) is 32.8 Å². The average molecular weight is 567 g/mol. The summed E-state index contributed by atoms with van der Waals surface area (Å²) in [7, 11) is 0. The number of ether oxygens (including phenoxy) is 1. The SMILES string of the molecule is CCNC(=NCc1ccc(OCC(F)(F)F)nc1)NCC(c1ccco1)N1CCCC1.I. The van der Waals surface area contributed by atoms with E-state index in [1.165, 1.54) is 25.1 Å². The fourth-order valence-electron chi connectivity index (χ4n) is 3.39. The van der Waals surface area contributed by atoms with Crippen LogP contribution in [0, 0.1) is 0 Å². The lowest BCUT2D eigenvalue weighted by molar-refractivity contribution is -0.154. The van der Waals surface area contributed by atoms with Crippen LogP contribution < -0.4 is 15.4 Å². The van der Waals surface area contributed by atoms with E-state index in [1.807, 2.05) is 19.1 Å². The van der Waals surface area contributed by atoms with Crippen molar-refractivity contribution in [3.8, 4) is 5.88 Å². The Bertz CT molecular complexity index is 810. The van der Waals surface area contributed by atoms with Crippen molar-refractivity contribution in [3.05, 3.63) is 48.0 Å². The van der Waals surface area contributed by atoms with Gasteiger partial charge in [-0.15, -0.1) is 24.0 Å². The maximum absolute atomic E-state index is 12.2. The highest BCUT2D eigenvalue weighted by atomic mass is 127. The molecule has 0 aromatic carbocycles. The number of alkyl halides is 3. The number of nitrogens with one attached hydrogen (secondary N) is 2. The Labute approximate surface area is 202 Å². The molecule has 2 N–H and O–H groups in total. The first kappa shape index (κ1) is 26.2. The number of likely N-dealkylation sites (tertiary alicyclic amines) is 1. The standard InChI is InChI=1S/C21H28F3N5O2.HI/c1-2-25-20(27-13-16-7-8-19(26-12-16)31-15-21(22,23)24)28-14-17(18-6-5-11-30-18)29-9-3-4-10-29;/h5-8,11-12,17H,2-4,9-10,13-15H2,1H3,(H2,25,27,28);1H. The smallest absolute Gasteiger partial charge is 0.422 e. The highest BCUT2D eigenvalue weighted by Gasteiger charge is 2.28. The van der Waals surface area contributed by atoms with Crippen molar-refractivity contribution in [2.24, 2.45) is 4.99 Å². The third-order valence-electron chi connectivity index (χ3n) is 4.86. The number of rotatable bonds is 9. The average Bonchev–Trinajstić information content (AvgIpc) is 3.46. The Balaban J connectivity index is 0.00000363. The number of furan rings is 1. The van der Waals surface area contributed by atoms with Crippen LogP contribution in [0.15, 0.2) is 46.1 Å². The van der Waals surface area contributed by atoms with Crippen LogP contribution in [0.1, 0.15) is 37.1 Å². The van der Waals surface area contributed by atoms with E-state index in [0.717, 1.165) is 24.4 Å². The van der Waals surface area contributed by atoms with E-state index in [1.54, 1.807) is 12.3 Å². The molecule has 0 aliphatic carbocycles. The summed E-state index contributed by atoms with van der Waals surface area (Å²) in [5, 5.41) is 6.58. The number of pyridine rings is 1. The minimum Gasteiger partial charge on any atom is -0.468 e. The molecule has 1 aliphatic rings. The Morgan fingerprint density at radius 3 is 2.62 bits per heavy atom. The van der Waals surface area contributed by atoms with Crippen molar-refractivity contribution in [1.29, 1.82) is 0 Å². The van der Waals surface area contributed by atoms with Gasteiger partial charge < -0.3 is 19.8 Å². The Hall–Kier alpha value is -2.02.